The van der Waals surface area contributed by atoms with Crippen molar-refractivity contribution in [1.82, 2.24) is 4.90 Å². The SMILES string of the molecule is CC(C)(C)OC(=O)N1CC2CCC(C1)N2c1cccc(Br)c1. The molecular weight excluding hydrogens is 344 g/mol. The smallest absolute Gasteiger partial charge is 0.410 e. The first kappa shape index (κ1) is 15.7. The number of carbonyl (C=O) groups is 1. The van der Waals surface area contributed by atoms with Crippen LogP contribution in [-0.4, -0.2) is 41.8 Å². The monoisotopic (exact) mass is 366 g/mol. The molecule has 2 atom stereocenters. The molecule has 0 aliphatic carbocycles. The lowest BCUT2D eigenvalue weighted by Gasteiger charge is -2.42. The van der Waals surface area contributed by atoms with Gasteiger partial charge in [-0.15, -0.1) is 0 Å². The topological polar surface area (TPSA) is 32.8 Å². The molecule has 0 spiro atoms. The van der Waals surface area contributed by atoms with Crippen LogP contribution in [0.2, 0.25) is 0 Å². The predicted molar refractivity (Wildman–Crippen MR) is 91.2 cm³/mol. The van der Waals surface area contributed by atoms with Crippen LogP contribution in [-0.2, 0) is 4.74 Å². The van der Waals surface area contributed by atoms with Crippen molar-refractivity contribution in [2.24, 2.45) is 0 Å². The van der Waals surface area contributed by atoms with Crippen LogP contribution in [0.5, 0.6) is 0 Å². The molecule has 0 N–H and O–H groups in total. The van der Waals surface area contributed by atoms with Crippen LogP contribution in [0, 0.1) is 0 Å². The van der Waals surface area contributed by atoms with Crippen molar-refractivity contribution in [2.45, 2.75) is 51.3 Å². The number of fused-ring (bicyclic) bond motifs is 2. The van der Waals surface area contributed by atoms with Crippen LogP contribution in [0.4, 0.5) is 10.5 Å². The summed E-state index contributed by atoms with van der Waals surface area (Å²) in [7, 11) is 0. The Balaban J connectivity index is 1.73. The maximum atomic E-state index is 12.3. The largest absolute Gasteiger partial charge is 0.444 e. The first-order valence-electron chi connectivity index (χ1n) is 7.85. The minimum atomic E-state index is -0.433. The molecule has 120 valence electrons. The third kappa shape index (κ3) is 3.24. The Morgan fingerprint density at radius 2 is 1.86 bits per heavy atom. The normalized spacial score (nSPS) is 24.5. The van der Waals surface area contributed by atoms with Gasteiger partial charge in [-0.3, -0.25) is 0 Å². The van der Waals surface area contributed by atoms with Crippen LogP contribution in [0.1, 0.15) is 33.6 Å². The number of hydrogen-bond donors (Lipinski definition) is 0. The predicted octanol–water partition coefficient (Wildman–Crippen LogP) is 4.04. The van der Waals surface area contributed by atoms with E-state index in [0.717, 1.165) is 30.4 Å². The summed E-state index contributed by atoms with van der Waals surface area (Å²) >= 11 is 3.55. The van der Waals surface area contributed by atoms with E-state index in [1.54, 1.807) is 0 Å². The van der Waals surface area contributed by atoms with Gasteiger partial charge in [0.1, 0.15) is 5.60 Å². The number of hydrogen-bond acceptors (Lipinski definition) is 3. The molecule has 2 aliphatic rings. The van der Waals surface area contributed by atoms with Crippen molar-refractivity contribution in [3.63, 3.8) is 0 Å². The molecule has 2 bridgehead atoms. The minimum Gasteiger partial charge on any atom is -0.444 e. The fraction of sp³-hybridized carbons (Fsp3) is 0.588. The molecule has 22 heavy (non-hydrogen) atoms. The van der Waals surface area contributed by atoms with Crippen molar-refractivity contribution in [1.29, 1.82) is 0 Å². The number of carbonyl (C=O) groups excluding carboxylic acids is 1. The maximum Gasteiger partial charge on any atom is 0.410 e. The Kier molecular flexibility index (Phi) is 4.10. The zero-order valence-electron chi connectivity index (χ0n) is 13.4. The van der Waals surface area contributed by atoms with Crippen LogP contribution in [0.15, 0.2) is 28.7 Å². The second kappa shape index (κ2) is 5.76. The van der Waals surface area contributed by atoms with Gasteiger partial charge in [0.05, 0.1) is 0 Å². The van der Waals surface area contributed by atoms with Crippen LogP contribution in [0.3, 0.4) is 0 Å². The summed E-state index contributed by atoms with van der Waals surface area (Å²) in [5.41, 5.74) is 0.808. The minimum absolute atomic E-state index is 0.182. The second-order valence-corrected chi connectivity index (χ2v) is 8.07. The molecule has 0 aromatic heterocycles. The van der Waals surface area contributed by atoms with E-state index in [2.05, 4.69) is 39.0 Å². The summed E-state index contributed by atoms with van der Waals surface area (Å²) in [5, 5.41) is 0. The number of rotatable bonds is 1. The third-order valence-electron chi connectivity index (χ3n) is 4.24. The molecule has 1 aromatic rings. The molecule has 0 radical (unpaired) electrons. The van der Waals surface area contributed by atoms with Gasteiger partial charge in [-0.2, -0.15) is 0 Å². The lowest BCUT2D eigenvalue weighted by Crippen LogP contribution is -2.56. The number of anilines is 1. The van der Waals surface area contributed by atoms with Gasteiger partial charge in [-0.25, -0.2) is 4.79 Å². The van der Waals surface area contributed by atoms with Crippen molar-refractivity contribution in [2.75, 3.05) is 18.0 Å². The van der Waals surface area contributed by atoms with Gasteiger partial charge >= 0.3 is 6.09 Å². The third-order valence-corrected chi connectivity index (χ3v) is 4.73. The average molecular weight is 367 g/mol. The lowest BCUT2D eigenvalue weighted by molar-refractivity contribution is 0.0209. The summed E-state index contributed by atoms with van der Waals surface area (Å²) in [4.78, 5) is 16.7. The number of amides is 1. The number of ether oxygens (including phenoxy) is 1. The van der Waals surface area contributed by atoms with E-state index in [0.29, 0.717) is 12.1 Å². The molecular formula is C17H23BrN2O2. The molecule has 2 heterocycles. The van der Waals surface area contributed by atoms with Crippen molar-refractivity contribution < 1.29 is 9.53 Å². The van der Waals surface area contributed by atoms with E-state index < -0.39 is 5.60 Å². The van der Waals surface area contributed by atoms with E-state index in [4.69, 9.17) is 4.74 Å². The number of likely N-dealkylation sites (tertiary alicyclic amines) is 1. The first-order chi connectivity index (χ1) is 10.3. The quantitative estimate of drug-likeness (QED) is 0.751. The summed E-state index contributed by atoms with van der Waals surface area (Å²) in [6.07, 6.45) is 2.09. The molecule has 2 aliphatic heterocycles. The zero-order valence-corrected chi connectivity index (χ0v) is 15.0. The number of benzene rings is 1. The van der Waals surface area contributed by atoms with E-state index in [9.17, 15) is 4.79 Å². The van der Waals surface area contributed by atoms with Gasteiger partial charge in [-0.05, 0) is 51.8 Å². The van der Waals surface area contributed by atoms with E-state index in [1.807, 2.05) is 31.7 Å². The second-order valence-electron chi connectivity index (χ2n) is 7.16. The van der Waals surface area contributed by atoms with Gasteiger partial charge < -0.3 is 14.5 Å². The summed E-state index contributed by atoms with van der Waals surface area (Å²) < 4.78 is 6.62. The molecule has 5 heteroatoms. The fourth-order valence-electron chi connectivity index (χ4n) is 3.44. The standard InChI is InChI=1S/C17H23BrN2O2/c1-17(2,3)22-16(21)19-10-14-7-8-15(11-19)20(14)13-6-4-5-12(18)9-13/h4-6,9,14-15H,7-8,10-11H2,1-3H3. The zero-order chi connectivity index (χ0) is 15.9. The van der Waals surface area contributed by atoms with Gasteiger partial charge in [0.2, 0.25) is 0 Å². The maximum absolute atomic E-state index is 12.3. The Morgan fingerprint density at radius 1 is 1.23 bits per heavy atom. The van der Waals surface area contributed by atoms with Crippen molar-refractivity contribution in [3.8, 4) is 0 Å². The summed E-state index contributed by atoms with van der Waals surface area (Å²) in [6, 6.07) is 9.20. The van der Waals surface area contributed by atoms with Crippen LogP contribution < -0.4 is 4.90 Å². The average Bonchev–Trinajstić information content (AvgIpc) is 2.67. The van der Waals surface area contributed by atoms with Crippen LogP contribution in [0.25, 0.3) is 0 Å². The van der Waals surface area contributed by atoms with Gasteiger partial charge in [-0.1, -0.05) is 22.0 Å². The molecule has 1 aromatic carbocycles. The van der Waals surface area contributed by atoms with Gasteiger partial charge in [0.15, 0.2) is 0 Å². The lowest BCUT2D eigenvalue weighted by atomic mass is 10.1. The molecule has 0 saturated carbocycles. The van der Waals surface area contributed by atoms with Crippen LogP contribution >= 0.6 is 15.9 Å². The van der Waals surface area contributed by atoms with Crippen molar-refractivity contribution in [3.05, 3.63) is 28.7 Å². The highest BCUT2D eigenvalue weighted by atomic mass is 79.9. The molecule has 2 fully saturated rings. The van der Waals surface area contributed by atoms with Gasteiger partial charge in [0.25, 0.3) is 0 Å². The van der Waals surface area contributed by atoms with E-state index >= 15 is 0 Å². The molecule has 3 rings (SSSR count). The summed E-state index contributed by atoms with van der Waals surface area (Å²) in [6.45, 7) is 7.24. The van der Waals surface area contributed by atoms with Gasteiger partial charge in [0, 0.05) is 35.3 Å². The van der Waals surface area contributed by atoms with E-state index in [-0.39, 0.29) is 6.09 Å². The fourth-order valence-corrected chi connectivity index (χ4v) is 3.82. The highest BCUT2D eigenvalue weighted by Crippen LogP contribution is 2.36. The Hall–Kier alpha value is -1.23. The van der Waals surface area contributed by atoms with E-state index in [1.165, 1.54) is 5.69 Å². The first-order valence-corrected chi connectivity index (χ1v) is 8.64. The highest BCUT2D eigenvalue weighted by Gasteiger charge is 2.42. The Labute approximate surface area is 140 Å². The Morgan fingerprint density at radius 3 is 2.41 bits per heavy atom. The number of piperazine rings is 1. The molecule has 2 saturated heterocycles. The summed E-state index contributed by atoms with van der Waals surface area (Å²) in [5.74, 6) is 0. The number of halogens is 1. The Bertz CT molecular complexity index is 556. The van der Waals surface area contributed by atoms with Crippen molar-refractivity contribution >= 4 is 27.7 Å². The molecule has 4 nitrogen and oxygen atoms in total. The highest BCUT2D eigenvalue weighted by molar-refractivity contribution is 9.10. The number of nitrogens with zero attached hydrogens (tertiary/aromatic N) is 2. The molecule has 1 amide bonds. The molecule has 2 unspecified atom stereocenters.